The van der Waals surface area contributed by atoms with E-state index in [1.54, 1.807) is 0 Å². The molecule has 0 spiro atoms. The topological polar surface area (TPSA) is 46.2 Å². The molecular formula is C16H25NO2S. The normalized spacial score (nSPS) is 23.4. The highest BCUT2D eigenvalue weighted by Gasteiger charge is 2.35. The van der Waals surface area contributed by atoms with Crippen LogP contribution in [0, 0.1) is 13.8 Å². The average Bonchev–Trinajstić information content (AvgIpc) is 2.39. The molecule has 1 aromatic carbocycles. The lowest BCUT2D eigenvalue weighted by molar-refractivity contribution is 0.455. The predicted molar refractivity (Wildman–Crippen MR) is 83.9 cm³/mol. The van der Waals surface area contributed by atoms with Crippen LogP contribution in [0.1, 0.15) is 36.0 Å². The Kier molecular flexibility index (Phi) is 4.86. The molecule has 1 heterocycles. The second kappa shape index (κ2) is 6.27. The first-order valence-corrected chi connectivity index (χ1v) is 9.11. The van der Waals surface area contributed by atoms with Crippen LogP contribution in [0.3, 0.4) is 0 Å². The minimum absolute atomic E-state index is 0.0140. The summed E-state index contributed by atoms with van der Waals surface area (Å²) in [5, 5.41) is 3.02. The maximum atomic E-state index is 12.3. The van der Waals surface area contributed by atoms with Crippen LogP contribution in [0.2, 0.25) is 0 Å². The Morgan fingerprint density at radius 1 is 1.25 bits per heavy atom. The van der Waals surface area contributed by atoms with E-state index in [0.717, 1.165) is 25.7 Å². The van der Waals surface area contributed by atoms with Crippen molar-refractivity contribution in [3.63, 3.8) is 0 Å². The molecule has 112 valence electrons. The van der Waals surface area contributed by atoms with Crippen molar-refractivity contribution in [3.8, 4) is 0 Å². The van der Waals surface area contributed by atoms with E-state index in [-0.39, 0.29) is 11.3 Å². The monoisotopic (exact) mass is 295 g/mol. The van der Waals surface area contributed by atoms with Gasteiger partial charge in [0.05, 0.1) is 11.0 Å². The number of nitrogens with one attached hydrogen (secondary N) is 1. The Morgan fingerprint density at radius 2 is 1.90 bits per heavy atom. The van der Waals surface area contributed by atoms with Crippen LogP contribution in [-0.2, 0) is 16.3 Å². The molecule has 1 aromatic rings. The van der Waals surface area contributed by atoms with Crippen LogP contribution >= 0.6 is 0 Å². The summed E-state index contributed by atoms with van der Waals surface area (Å²) in [6.45, 7) is 4.20. The summed E-state index contributed by atoms with van der Waals surface area (Å²) < 4.78 is 24.6. The summed E-state index contributed by atoms with van der Waals surface area (Å²) in [6.07, 6.45) is 3.42. The van der Waals surface area contributed by atoms with E-state index < -0.39 is 9.84 Å². The molecule has 0 bridgehead atoms. The van der Waals surface area contributed by atoms with Gasteiger partial charge in [-0.3, -0.25) is 0 Å². The molecule has 0 aromatic heterocycles. The van der Waals surface area contributed by atoms with Crippen molar-refractivity contribution >= 4 is 9.84 Å². The first kappa shape index (κ1) is 15.5. The lowest BCUT2D eigenvalue weighted by atomic mass is 9.93. The Bertz CT molecular complexity index is 546. The molecule has 2 unspecified atom stereocenters. The van der Waals surface area contributed by atoms with Gasteiger partial charge in [-0.15, -0.1) is 0 Å². The molecule has 1 aliphatic heterocycles. The molecule has 0 radical (unpaired) electrons. The van der Waals surface area contributed by atoms with Crippen molar-refractivity contribution in [2.24, 2.45) is 0 Å². The minimum Gasteiger partial charge on any atom is -0.315 e. The fourth-order valence-corrected chi connectivity index (χ4v) is 5.41. The van der Waals surface area contributed by atoms with Gasteiger partial charge in [0.2, 0.25) is 0 Å². The molecule has 1 fully saturated rings. The van der Waals surface area contributed by atoms with Crippen LogP contribution in [0.15, 0.2) is 18.2 Å². The molecule has 1 aliphatic rings. The van der Waals surface area contributed by atoms with Crippen LogP contribution < -0.4 is 5.32 Å². The van der Waals surface area contributed by atoms with Gasteiger partial charge in [-0.2, -0.15) is 0 Å². The molecule has 0 aliphatic carbocycles. The second-order valence-corrected chi connectivity index (χ2v) is 8.21. The Balaban J connectivity index is 2.25. The van der Waals surface area contributed by atoms with Crippen LogP contribution in [-0.4, -0.2) is 32.5 Å². The number of aryl methyl sites for hydroxylation is 2. The van der Waals surface area contributed by atoms with Gasteiger partial charge in [0.15, 0.2) is 9.84 Å². The van der Waals surface area contributed by atoms with Crippen molar-refractivity contribution in [3.05, 3.63) is 34.9 Å². The van der Waals surface area contributed by atoms with E-state index in [9.17, 15) is 8.42 Å². The van der Waals surface area contributed by atoms with Gasteiger partial charge in [-0.05, 0) is 56.8 Å². The molecule has 20 heavy (non-hydrogen) atoms. The molecule has 0 saturated carbocycles. The highest BCUT2D eigenvalue weighted by molar-refractivity contribution is 7.92. The summed E-state index contributed by atoms with van der Waals surface area (Å²) in [6, 6.07) is 6.27. The summed E-state index contributed by atoms with van der Waals surface area (Å²) in [7, 11) is -1.07. The molecule has 1 N–H and O–H groups in total. The lowest BCUT2D eigenvalue weighted by Crippen LogP contribution is -2.46. The van der Waals surface area contributed by atoms with Gasteiger partial charge in [0.1, 0.15) is 0 Å². The zero-order valence-electron chi connectivity index (χ0n) is 12.6. The smallest absolute Gasteiger partial charge is 0.154 e. The number of hydrogen-bond acceptors (Lipinski definition) is 3. The van der Waals surface area contributed by atoms with Crippen LogP contribution in [0.4, 0.5) is 0 Å². The standard InChI is InChI=1S/C16H25NO2S/c1-12-7-6-8-13(2)14(12)11-15(17-3)16-9-4-5-10-20(16,18)19/h6-8,15-17H,4-5,9-11H2,1-3H3. The minimum atomic E-state index is -2.94. The summed E-state index contributed by atoms with van der Waals surface area (Å²) in [5.41, 5.74) is 3.78. The van der Waals surface area contributed by atoms with Gasteiger partial charge < -0.3 is 5.32 Å². The number of likely N-dealkylation sites (N-methyl/N-ethyl adjacent to an activating group) is 1. The zero-order chi connectivity index (χ0) is 14.8. The number of sulfone groups is 1. The van der Waals surface area contributed by atoms with Crippen molar-refractivity contribution in [2.75, 3.05) is 12.8 Å². The van der Waals surface area contributed by atoms with Crippen molar-refractivity contribution in [2.45, 2.75) is 50.8 Å². The third-order valence-corrected chi connectivity index (χ3v) is 6.86. The molecule has 2 atom stereocenters. The largest absolute Gasteiger partial charge is 0.315 e. The highest BCUT2D eigenvalue weighted by atomic mass is 32.2. The number of benzene rings is 1. The van der Waals surface area contributed by atoms with E-state index in [1.807, 2.05) is 7.05 Å². The third-order valence-electron chi connectivity index (χ3n) is 4.52. The Labute approximate surface area is 122 Å². The number of rotatable bonds is 4. The lowest BCUT2D eigenvalue weighted by Gasteiger charge is -2.30. The van der Waals surface area contributed by atoms with Gasteiger partial charge >= 0.3 is 0 Å². The Hall–Kier alpha value is -0.870. The van der Waals surface area contributed by atoms with E-state index >= 15 is 0 Å². The van der Waals surface area contributed by atoms with Gasteiger partial charge in [0, 0.05) is 6.04 Å². The molecule has 0 amide bonds. The van der Waals surface area contributed by atoms with Crippen molar-refractivity contribution < 1.29 is 8.42 Å². The molecule has 3 nitrogen and oxygen atoms in total. The first-order chi connectivity index (χ1) is 9.45. The van der Waals surface area contributed by atoms with E-state index in [4.69, 9.17) is 0 Å². The summed E-state index contributed by atoms with van der Waals surface area (Å²) in [4.78, 5) is 0. The maximum absolute atomic E-state index is 12.3. The van der Waals surface area contributed by atoms with Crippen LogP contribution in [0.25, 0.3) is 0 Å². The van der Waals surface area contributed by atoms with Crippen LogP contribution in [0.5, 0.6) is 0 Å². The SMILES string of the molecule is CNC(Cc1c(C)cccc1C)C1CCCCS1(=O)=O. The van der Waals surface area contributed by atoms with Gasteiger partial charge in [-0.1, -0.05) is 24.6 Å². The van der Waals surface area contributed by atoms with E-state index in [1.165, 1.54) is 16.7 Å². The average molecular weight is 295 g/mol. The highest BCUT2D eigenvalue weighted by Crippen LogP contribution is 2.25. The van der Waals surface area contributed by atoms with E-state index in [0.29, 0.717) is 5.75 Å². The fourth-order valence-electron chi connectivity index (χ4n) is 3.24. The molecular weight excluding hydrogens is 270 g/mol. The zero-order valence-corrected chi connectivity index (χ0v) is 13.5. The van der Waals surface area contributed by atoms with Gasteiger partial charge in [-0.25, -0.2) is 8.42 Å². The Morgan fingerprint density at radius 3 is 2.45 bits per heavy atom. The van der Waals surface area contributed by atoms with Gasteiger partial charge in [0.25, 0.3) is 0 Å². The first-order valence-electron chi connectivity index (χ1n) is 7.39. The summed E-state index contributed by atoms with van der Waals surface area (Å²) >= 11 is 0. The third kappa shape index (κ3) is 3.23. The maximum Gasteiger partial charge on any atom is 0.154 e. The predicted octanol–water partition coefficient (Wildman–Crippen LogP) is 2.40. The molecule has 2 rings (SSSR count). The second-order valence-electron chi connectivity index (χ2n) is 5.87. The van der Waals surface area contributed by atoms with E-state index in [2.05, 4.69) is 37.4 Å². The molecule has 4 heteroatoms. The van der Waals surface area contributed by atoms with Crippen molar-refractivity contribution in [1.82, 2.24) is 5.32 Å². The molecule has 1 saturated heterocycles. The quantitative estimate of drug-likeness (QED) is 0.928. The fraction of sp³-hybridized carbons (Fsp3) is 0.625. The van der Waals surface area contributed by atoms with Crippen molar-refractivity contribution in [1.29, 1.82) is 0 Å². The summed E-state index contributed by atoms with van der Waals surface area (Å²) in [5.74, 6) is 0.350. The number of hydrogen-bond donors (Lipinski definition) is 1.